The lowest BCUT2D eigenvalue weighted by Gasteiger charge is -2.42. The highest BCUT2D eigenvalue weighted by molar-refractivity contribution is 7.91. The molecule has 1 aromatic carbocycles. The van der Waals surface area contributed by atoms with Gasteiger partial charge in [0.2, 0.25) is 21.8 Å². The molecule has 18 heteroatoms. The summed E-state index contributed by atoms with van der Waals surface area (Å²) >= 11 is 0. The number of sulfonamides is 1. The van der Waals surface area contributed by atoms with E-state index in [2.05, 4.69) is 15.0 Å². The molecule has 8 atom stereocenters. The number of methoxy groups -OCH3 is 2. The van der Waals surface area contributed by atoms with Gasteiger partial charge in [0.25, 0.3) is 11.8 Å². The summed E-state index contributed by atoms with van der Waals surface area (Å²) in [4.78, 5) is 62.3. The zero-order valence-corrected chi connectivity index (χ0v) is 35.5. The van der Waals surface area contributed by atoms with Crippen LogP contribution in [-0.2, 0) is 24.4 Å². The third-order valence-corrected chi connectivity index (χ3v) is 15.0. The van der Waals surface area contributed by atoms with Crippen LogP contribution in [0.15, 0.2) is 36.4 Å². The molecule has 0 spiro atoms. The Labute approximate surface area is 343 Å². The number of fused-ring (bicyclic) bond motifs is 3. The highest BCUT2D eigenvalue weighted by atomic mass is 32.2. The summed E-state index contributed by atoms with van der Waals surface area (Å²) in [6.07, 6.45) is 3.51. The van der Waals surface area contributed by atoms with E-state index in [1.54, 1.807) is 45.0 Å². The number of carboxylic acid groups (broad SMARTS) is 1. The molecular formula is C41H55F2N5O10S. The van der Waals surface area contributed by atoms with Crippen LogP contribution in [-0.4, -0.2) is 106 Å². The summed E-state index contributed by atoms with van der Waals surface area (Å²) in [5.41, 5.74) is -4.22. The fraction of sp³-hybridized carbons (Fsp3) is 0.634. The van der Waals surface area contributed by atoms with E-state index in [0.29, 0.717) is 31.4 Å². The van der Waals surface area contributed by atoms with Crippen LogP contribution < -0.4 is 24.2 Å². The average molecular weight is 848 g/mol. The number of halogens is 2. The van der Waals surface area contributed by atoms with Crippen LogP contribution in [0.25, 0.3) is 10.9 Å². The molecule has 3 fully saturated rings. The fourth-order valence-electron chi connectivity index (χ4n) is 8.50. The van der Waals surface area contributed by atoms with Gasteiger partial charge in [-0.2, -0.15) is 8.78 Å². The van der Waals surface area contributed by atoms with Gasteiger partial charge >= 0.3 is 12.1 Å². The van der Waals surface area contributed by atoms with Crippen molar-refractivity contribution in [2.24, 2.45) is 17.8 Å². The number of hydrogen-bond acceptors (Lipinski definition) is 10. The van der Waals surface area contributed by atoms with E-state index in [-0.39, 0.29) is 52.6 Å². The van der Waals surface area contributed by atoms with Gasteiger partial charge in [0.05, 0.1) is 24.5 Å². The summed E-state index contributed by atoms with van der Waals surface area (Å²) in [6, 6.07) is -2.75. The molecule has 2 aliphatic carbocycles. The van der Waals surface area contributed by atoms with Crippen LogP contribution in [0.3, 0.4) is 0 Å². The second-order valence-corrected chi connectivity index (χ2v) is 19.4. The second-order valence-electron chi connectivity index (χ2n) is 17.2. The minimum atomic E-state index is -4.29. The molecule has 1 unspecified atom stereocenters. The molecule has 4 amide bonds. The molecule has 59 heavy (non-hydrogen) atoms. The number of ether oxygens (including phenoxy) is 3. The zero-order valence-electron chi connectivity index (χ0n) is 34.7. The van der Waals surface area contributed by atoms with Crippen molar-refractivity contribution in [2.75, 3.05) is 14.2 Å². The lowest BCUT2D eigenvalue weighted by Crippen LogP contribution is -2.64. The Morgan fingerprint density at radius 3 is 2.42 bits per heavy atom. The predicted octanol–water partition coefficient (Wildman–Crippen LogP) is 5.62. The molecule has 2 aliphatic heterocycles. The first kappa shape index (κ1) is 43.8. The molecule has 15 nitrogen and oxygen atoms in total. The number of benzene rings is 1. The zero-order chi connectivity index (χ0) is 43.5. The summed E-state index contributed by atoms with van der Waals surface area (Å²) in [5.74, 6) is -4.74. The third kappa shape index (κ3) is 7.88. The molecule has 324 valence electrons. The van der Waals surface area contributed by atoms with Gasteiger partial charge in [-0.25, -0.2) is 18.2 Å². The number of carbonyl (C=O) groups is 4. The topological polar surface area (TPSA) is 194 Å². The number of alkyl halides is 2. The third-order valence-electron chi connectivity index (χ3n) is 12.8. The number of rotatable bonds is 10. The average Bonchev–Trinajstić information content (AvgIpc) is 4.08. The van der Waals surface area contributed by atoms with Crippen molar-refractivity contribution >= 4 is 44.7 Å². The Kier molecular flexibility index (Phi) is 11.7. The number of allylic oxidation sites excluding steroid dienone is 1. The quantitative estimate of drug-likeness (QED) is 0.199. The lowest BCUT2D eigenvalue weighted by atomic mass is 9.86. The Hall–Kier alpha value is -4.74. The van der Waals surface area contributed by atoms with Gasteiger partial charge < -0.3 is 24.6 Å². The number of hydrogen-bond donors (Lipinski definition) is 3. The minimum absolute atomic E-state index is 0.0128. The van der Waals surface area contributed by atoms with E-state index < -0.39 is 92.2 Å². The molecule has 1 saturated heterocycles. The van der Waals surface area contributed by atoms with E-state index >= 15 is 13.6 Å². The Morgan fingerprint density at radius 1 is 1.12 bits per heavy atom. The molecule has 2 aromatic rings. The molecule has 4 aliphatic rings. The molecule has 3 heterocycles. The number of pyridine rings is 1. The fourth-order valence-corrected chi connectivity index (χ4v) is 9.81. The standard InChI is InChI=1S/C41H55F2N5O10S/c1-9-25(4)47(37(52)53)33-24(3)18-23(2)12-10-11-13-26-21-40(26,36(51)46-59(54,55)38(5)16-17-38)45-34(49)30-22-39(6,41(42,43)48(30)35(33)50)58-31-20-32(57-8)44-29-19-27(56-7)14-15-28(29)31/h11,13-15,19-20,23-26,30,33H,9-10,12,16-18,21-22H2,1-8H3,(H,45,49)(H,46,51)(H,52,53)/b13-11-/t23-,24-,25?,26-,30+,33+,39-,40-/m1/s1. The van der Waals surface area contributed by atoms with Crippen LogP contribution >= 0.6 is 0 Å². The number of nitrogens with zero attached hydrogens (tertiary/aromatic N) is 3. The van der Waals surface area contributed by atoms with Crippen LogP contribution in [0.5, 0.6) is 17.4 Å². The molecule has 0 bridgehead atoms. The molecule has 2 saturated carbocycles. The van der Waals surface area contributed by atoms with Crippen molar-refractivity contribution in [3.8, 4) is 17.4 Å². The molecule has 1 aromatic heterocycles. The van der Waals surface area contributed by atoms with Crippen molar-refractivity contribution < 1.29 is 55.7 Å². The molecule has 0 radical (unpaired) electrons. The number of nitrogens with one attached hydrogen (secondary N) is 2. The van der Waals surface area contributed by atoms with Crippen LogP contribution in [0.2, 0.25) is 0 Å². The first-order chi connectivity index (χ1) is 27.6. The van der Waals surface area contributed by atoms with Gasteiger partial charge in [-0.3, -0.25) is 28.9 Å². The SMILES string of the molecule is CCC(C)N(C(=O)O)[C@@H]1C(=O)N2[C@@H](C[C@@](C)(Oc3cc(OC)nc4cc(OC)ccc34)C2(F)F)C(=O)N[C@]2(C(=O)NS(=O)(=O)C3(C)CC3)C[C@H]2/C=C\CC[C@@H](C)C[C@H]1C. The van der Waals surface area contributed by atoms with Gasteiger partial charge in [-0.15, -0.1) is 0 Å². The van der Waals surface area contributed by atoms with Crippen molar-refractivity contribution in [3.63, 3.8) is 0 Å². The lowest BCUT2D eigenvalue weighted by molar-refractivity contribution is -0.218. The van der Waals surface area contributed by atoms with Crippen molar-refractivity contribution in [3.05, 3.63) is 36.4 Å². The summed E-state index contributed by atoms with van der Waals surface area (Å²) < 4.78 is 79.8. The van der Waals surface area contributed by atoms with Crippen molar-refractivity contribution in [2.45, 2.75) is 133 Å². The Morgan fingerprint density at radius 2 is 1.81 bits per heavy atom. The van der Waals surface area contributed by atoms with E-state index in [0.717, 1.165) is 11.8 Å². The monoisotopic (exact) mass is 847 g/mol. The van der Waals surface area contributed by atoms with Crippen LogP contribution in [0.4, 0.5) is 13.6 Å². The van der Waals surface area contributed by atoms with Gasteiger partial charge in [0, 0.05) is 35.9 Å². The van der Waals surface area contributed by atoms with E-state index in [1.165, 1.54) is 27.2 Å². The van der Waals surface area contributed by atoms with Gasteiger partial charge in [-0.05, 0) is 89.7 Å². The smallest absolute Gasteiger partial charge is 0.408 e. The van der Waals surface area contributed by atoms with E-state index in [9.17, 15) is 27.9 Å². The van der Waals surface area contributed by atoms with Crippen molar-refractivity contribution in [1.29, 1.82) is 0 Å². The predicted molar refractivity (Wildman–Crippen MR) is 212 cm³/mol. The number of amides is 4. The van der Waals surface area contributed by atoms with E-state index in [1.807, 2.05) is 13.0 Å². The number of carbonyl (C=O) groups excluding carboxylic acids is 3. The van der Waals surface area contributed by atoms with Gasteiger partial charge in [-0.1, -0.05) is 32.9 Å². The normalized spacial score (nSPS) is 31.3. The summed E-state index contributed by atoms with van der Waals surface area (Å²) in [5, 5.41) is 13.5. The molecule has 3 N–H and O–H groups in total. The van der Waals surface area contributed by atoms with Crippen LogP contribution in [0, 0.1) is 17.8 Å². The maximum absolute atomic E-state index is 17.7. The molecule has 6 rings (SSSR count). The maximum Gasteiger partial charge on any atom is 0.408 e. The minimum Gasteiger partial charge on any atom is -0.497 e. The summed E-state index contributed by atoms with van der Waals surface area (Å²) in [6.45, 7) is 9.42. The van der Waals surface area contributed by atoms with Gasteiger partial charge in [0.1, 0.15) is 29.1 Å². The largest absolute Gasteiger partial charge is 0.497 e. The van der Waals surface area contributed by atoms with Gasteiger partial charge in [0.15, 0.2) is 5.60 Å². The van der Waals surface area contributed by atoms with Crippen LogP contribution in [0.1, 0.15) is 92.9 Å². The highest BCUT2D eigenvalue weighted by Crippen LogP contribution is 2.52. The first-order valence-corrected chi connectivity index (χ1v) is 21.6. The Bertz CT molecular complexity index is 2150. The maximum atomic E-state index is 17.7. The Balaban J connectivity index is 1.49. The number of aromatic nitrogens is 1. The summed E-state index contributed by atoms with van der Waals surface area (Å²) in [7, 11) is -1.39. The second kappa shape index (κ2) is 15.7. The molecular weight excluding hydrogens is 793 g/mol. The van der Waals surface area contributed by atoms with E-state index in [4.69, 9.17) is 14.2 Å². The highest BCUT2D eigenvalue weighted by Gasteiger charge is 2.71. The van der Waals surface area contributed by atoms with Crippen molar-refractivity contribution in [1.82, 2.24) is 24.8 Å². The first-order valence-electron chi connectivity index (χ1n) is 20.1.